The van der Waals surface area contributed by atoms with Gasteiger partial charge in [-0.25, -0.2) is 9.78 Å². The van der Waals surface area contributed by atoms with Gasteiger partial charge in [-0.2, -0.15) is 0 Å². The van der Waals surface area contributed by atoms with Crippen LogP contribution in [0.4, 0.5) is 10.8 Å². The Morgan fingerprint density at radius 2 is 2.00 bits per heavy atom. The first kappa shape index (κ1) is 19.3. The number of esters is 1. The molecule has 1 aromatic heterocycles. The average molecular weight is 413 g/mol. The minimum absolute atomic E-state index is 0.252. The molecule has 2 aliphatic rings. The van der Waals surface area contributed by atoms with Crippen LogP contribution in [-0.4, -0.2) is 41.2 Å². The number of hydrogen-bond donors (Lipinski definition) is 1. The SMILES string of the molecule is C[C@@H](C(=O)OCC(=O)Nc1nc2c(s1)CCCC2)N1C(=O)C(=O)c2ccccc21. The minimum Gasteiger partial charge on any atom is -0.454 e. The first-order chi connectivity index (χ1) is 14.0. The van der Waals surface area contributed by atoms with E-state index in [0.717, 1.165) is 36.3 Å². The molecule has 0 saturated carbocycles. The lowest BCUT2D eigenvalue weighted by molar-refractivity contribution is -0.148. The Kier molecular flexibility index (Phi) is 5.14. The number of rotatable bonds is 5. The van der Waals surface area contributed by atoms with Crippen molar-refractivity contribution in [1.82, 2.24) is 4.98 Å². The molecule has 9 heteroatoms. The third-order valence-electron chi connectivity index (χ3n) is 4.99. The molecule has 2 amide bonds. The number of nitrogens with zero attached hydrogens (tertiary/aromatic N) is 2. The molecule has 150 valence electrons. The molecule has 2 heterocycles. The summed E-state index contributed by atoms with van der Waals surface area (Å²) in [4.78, 5) is 55.6. The molecule has 0 fully saturated rings. The van der Waals surface area contributed by atoms with Crippen molar-refractivity contribution < 1.29 is 23.9 Å². The number of hydrogen-bond acceptors (Lipinski definition) is 7. The summed E-state index contributed by atoms with van der Waals surface area (Å²) in [5, 5.41) is 3.15. The Hall–Kier alpha value is -3.07. The summed E-state index contributed by atoms with van der Waals surface area (Å²) in [6.45, 7) is 0.966. The van der Waals surface area contributed by atoms with Gasteiger partial charge in [-0.3, -0.25) is 24.6 Å². The van der Waals surface area contributed by atoms with Gasteiger partial charge in [0.2, 0.25) is 0 Å². The molecule has 0 radical (unpaired) electrons. The molecule has 8 nitrogen and oxygen atoms in total. The molecular weight excluding hydrogens is 394 g/mol. The Morgan fingerprint density at radius 3 is 2.79 bits per heavy atom. The minimum atomic E-state index is -1.03. The standard InChI is InChI=1S/C20H19N3O5S/c1-11(23-14-8-4-2-6-12(14)17(25)18(23)26)19(27)28-10-16(24)22-20-21-13-7-3-5-9-15(13)29-20/h2,4,6,8,11H,3,5,7,9-10H2,1H3,(H,21,22,24)/t11-/m0/s1. The number of nitrogens with one attached hydrogen (secondary N) is 1. The van der Waals surface area contributed by atoms with Crippen LogP contribution in [0, 0.1) is 0 Å². The first-order valence-corrected chi connectivity index (χ1v) is 10.2. The van der Waals surface area contributed by atoms with Gasteiger partial charge in [-0.1, -0.05) is 12.1 Å². The first-order valence-electron chi connectivity index (χ1n) is 9.37. The average Bonchev–Trinajstić information content (AvgIpc) is 3.24. The molecule has 1 atom stereocenters. The quantitative estimate of drug-likeness (QED) is 0.595. The molecular formula is C20H19N3O5S. The van der Waals surface area contributed by atoms with Crippen LogP contribution in [0.25, 0.3) is 0 Å². The van der Waals surface area contributed by atoms with E-state index >= 15 is 0 Å². The van der Waals surface area contributed by atoms with E-state index in [1.807, 2.05) is 0 Å². The molecule has 1 N–H and O–H groups in total. The maximum absolute atomic E-state index is 12.4. The van der Waals surface area contributed by atoms with E-state index in [0.29, 0.717) is 10.8 Å². The third kappa shape index (κ3) is 3.65. The highest BCUT2D eigenvalue weighted by Gasteiger charge is 2.41. The lowest BCUT2D eigenvalue weighted by Gasteiger charge is -2.22. The maximum atomic E-state index is 12.4. The highest BCUT2D eigenvalue weighted by atomic mass is 32.1. The number of para-hydroxylation sites is 1. The molecule has 0 unspecified atom stereocenters. The molecule has 1 aromatic carbocycles. The van der Waals surface area contributed by atoms with Gasteiger partial charge in [0.25, 0.3) is 17.6 Å². The number of carbonyl (C=O) groups excluding carboxylic acids is 4. The molecule has 0 saturated heterocycles. The van der Waals surface area contributed by atoms with Gasteiger partial charge in [0.1, 0.15) is 6.04 Å². The lowest BCUT2D eigenvalue weighted by atomic mass is 10.0. The van der Waals surface area contributed by atoms with E-state index in [9.17, 15) is 19.2 Å². The topological polar surface area (TPSA) is 106 Å². The van der Waals surface area contributed by atoms with Crippen LogP contribution < -0.4 is 10.2 Å². The Bertz CT molecular complexity index is 992. The number of ether oxygens (including phenoxy) is 1. The van der Waals surface area contributed by atoms with Crippen LogP contribution >= 0.6 is 11.3 Å². The summed E-state index contributed by atoms with van der Waals surface area (Å²) < 4.78 is 5.07. The zero-order valence-corrected chi connectivity index (χ0v) is 16.6. The number of amides is 2. The monoisotopic (exact) mass is 413 g/mol. The molecule has 1 aliphatic carbocycles. The summed E-state index contributed by atoms with van der Waals surface area (Å²) in [5.74, 6) is -2.71. The zero-order valence-electron chi connectivity index (χ0n) is 15.8. The Morgan fingerprint density at radius 1 is 1.24 bits per heavy atom. The Balaban J connectivity index is 1.36. The second-order valence-electron chi connectivity index (χ2n) is 6.95. The summed E-state index contributed by atoms with van der Waals surface area (Å²) in [5.41, 5.74) is 1.64. The van der Waals surface area contributed by atoms with Crippen molar-refractivity contribution >= 4 is 45.7 Å². The predicted octanol–water partition coefficient (Wildman–Crippen LogP) is 2.12. The Labute approximate surface area is 170 Å². The lowest BCUT2D eigenvalue weighted by Crippen LogP contribution is -2.44. The fourth-order valence-corrected chi connectivity index (χ4v) is 4.58. The number of carbonyl (C=O) groups is 4. The number of Topliss-reactive ketones (excluding diaryl/α,β-unsaturated/α-hetero) is 1. The third-order valence-corrected chi connectivity index (χ3v) is 6.06. The van der Waals surface area contributed by atoms with Gasteiger partial charge in [-0.05, 0) is 44.7 Å². The highest BCUT2D eigenvalue weighted by Crippen LogP contribution is 2.31. The van der Waals surface area contributed by atoms with E-state index in [-0.39, 0.29) is 5.56 Å². The van der Waals surface area contributed by atoms with E-state index in [2.05, 4.69) is 10.3 Å². The van der Waals surface area contributed by atoms with Gasteiger partial charge in [0.05, 0.1) is 16.9 Å². The van der Waals surface area contributed by atoms with Crippen LogP contribution in [0.15, 0.2) is 24.3 Å². The number of thiazole rings is 1. The number of ketones is 1. The smallest absolute Gasteiger partial charge is 0.329 e. The summed E-state index contributed by atoms with van der Waals surface area (Å²) in [6, 6.07) is 5.43. The molecule has 0 bridgehead atoms. The molecule has 4 rings (SSSR count). The molecule has 29 heavy (non-hydrogen) atoms. The maximum Gasteiger partial charge on any atom is 0.329 e. The van der Waals surface area contributed by atoms with Crippen molar-refractivity contribution in [2.45, 2.75) is 38.6 Å². The van der Waals surface area contributed by atoms with E-state index in [4.69, 9.17) is 4.74 Å². The normalized spacial score (nSPS) is 16.2. The largest absolute Gasteiger partial charge is 0.454 e. The number of fused-ring (bicyclic) bond motifs is 2. The van der Waals surface area contributed by atoms with Gasteiger partial charge in [-0.15, -0.1) is 11.3 Å². The molecule has 2 aromatic rings. The van der Waals surface area contributed by atoms with Crippen LogP contribution in [-0.2, 0) is 32.0 Å². The van der Waals surface area contributed by atoms with Crippen molar-refractivity contribution in [2.24, 2.45) is 0 Å². The number of benzene rings is 1. The van der Waals surface area contributed by atoms with Crippen molar-refractivity contribution in [3.8, 4) is 0 Å². The van der Waals surface area contributed by atoms with Crippen LogP contribution in [0.3, 0.4) is 0 Å². The van der Waals surface area contributed by atoms with Crippen molar-refractivity contribution in [2.75, 3.05) is 16.8 Å². The zero-order chi connectivity index (χ0) is 20.5. The number of aryl methyl sites for hydroxylation is 2. The van der Waals surface area contributed by atoms with Crippen LogP contribution in [0.1, 0.15) is 40.7 Å². The molecule has 1 aliphatic heterocycles. The fourth-order valence-electron chi connectivity index (χ4n) is 3.52. The fraction of sp³-hybridized carbons (Fsp3) is 0.350. The summed E-state index contributed by atoms with van der Waals surface area (Å²) in [7, 11) is 0. The second-order valence-corrected chi connectivity index (χ2v) is 8.03. The summed E-state index contributed by atoms with van der Waals surface area (Å²) >= 11 is 1.44. The number of aromatic nitrogens is 1. The predicted molar refractivity (Wildman–Crippen MR) is 106 cm³/mol. The van der Waals surface area contributed by atoms with Crippen molar-refractivity contribution in [3.05, 3.63) is 40.4 Å². The van der Waals surface area contributed by atoms with E-state index in [1.165, 1.54) is 29.2 Å². The highest BCUT2D eigenvalue weighted by molar-refractivity contribution is 7.15. The van der Waals surface area contributed by atoms with E-state index in [1.54, 1.807) is 18.2 Å². The van der Waals surface area contributed by atoms with Crippen molar-refractivity contribution in [1.29, 1.82) is 0 Å². The van der Waals surface area contributed by atoms with Gasteiger partial charge in [0.15, 0.2) is 11.7 Å². The summed E-state index contributed by atoms with van der Waals surface area (Å²) in [6.07, 6.45) is 4.11. The number of anilines is 2. The second kappa shape index (κ2) is 7.75. The van der Waals surface area contributed by atoms with Crippen molar-refractivity contribution in [3.63, 3.8) is 0 Å². The van der Waals surface area contributed by atoms with Gasteiger partial charge < -0.3 is 4.74 Å². The van der Waals surface area contributed by atoms with Crippen LogP contribution in [0.2, 0.25) is 0 Å². The van der Waals surface area contributed by atoms with Crippen LogP contribution in [0.5, 0.6) is 0 Å². The van der Waals surface area contributed by atoms with Gasteiger partial charge >= 0.3 is 5.97 Å². The molecule has 0 spiro atoms. The van der Waals surface area contributed by atoms with E-state index < -0.39 is 36.2 Å². The van der Waals surface area contributed by atoms with Gasteiger partial charge in [0, 0.05) is 4.88 Å².